The van der Waals surface area contributed by atoms with E-state index < -0.39 is 0 Å². The van der Waals surface area contributed by atoms with Gasteiger partial charge in [0.25, 0.3) is 0 Å². The van der Waals surface area contributed by atoms with Crippen LogP contribution >= 0.6 is 0 Å². The van der Waals surface area contributed by atoms with Gasteiger partial charge in [-0.05, 0) is 41.8 Å². The highest BCUT2D eigenvalue weighted by Gasteiger charge is 2.21. The van der Waals surface area contributed by atoms with Gasteiger partial charge in [-0.3, -0.25) is 10.1 Å². The van der Waals surface area contributed by atoms with Crippen LogP contribution in [0.5, 0.6) is 11.5 Å². The number of rotatable bonds is 8. The first kappa shape index (κ1) is 22.1. The molecule has 0 aliphatic heterocycles. The minimum Gasteiger partial charge on any atom is -0.507 e. The van der Waals surface area contributed by atoms with Gasteiger partial charge >= 0.3 is 0 Å². The predicted molar refractivity (Wildman–Crippen MR) is 129 cm³/mol. The zero-order valence-electron chi connectivity index (χ0n) is 18.7. The third kappa shape index (κ3) is 5.06. The number of unbranched alkanes of at least 4 members (excludes halogenated alkanes) is 1. The van der Waals surface area contributed by atoms with Gasteiger partial charge in [0.05, 0.1) is 12.7 Å². The molecule has 1 heterocycles. The lowest BCUT2D eigenvalue weighted by molar-refractivity contribution is -0.116. The molecule has 0 bridgehead atoms. The molecule has 1 amide bonds. The van der Waals surface area contributed by atoms with Crippen molar-refractivity contribution in [2.24, 2.45) is 0 Å². The quantitative estimate of drug-likeness (QED) is 0.325. The van der Waals surface area contributed by atoms with Crippen LogP contribution in [0.2, 0.25) is 0 Å². The van der Waals surface area contributed by atoms with Crippen LogP contribution in [0.1, 0.15) is 26.2 Å². The molecule has 0 unspecified atom stereocenters. The van der Waals surface area contributed by atoms with E-state index in [0.29, 0.717) is 23.4 Å². The van der Waals surface area contributed by atoms with Gasteiger partial charge in [0, 0.05) is 12.0 Å². The van der Waals surface area contributed by atoms with Crippen LogP contribution in [-0.2, 0) is 4.79 Å². The van der Waals surface area contributed by atoms with Gasteiger partial charge in [0.2, 0.25) is 17.7 Å². The molecule has 4 aromatic rings. The van der Waals surface area contributed by atoms with E-state index in [1.165, 1.54) is 0 Å². The molecule has 0 aliphatic rings. The second kappa shape index (κ2) is 10.0. The minimum absolute atomic E-state index is 0.0404. The number of nitrogens with zero attached hydrogens (tertiary/aromatic N) is 1. The Morgan fingerprint density at radius 3 is 2.52 bits per heavy atom. The number of benzene rings is 3. The van der Waals surface area contributed by atoms with Gasteiger partial charge in [-0.1, -0.05) is 61.9 Å². The Bertz CT molecular complexity index is 1250. The fraction of sp³-hybridized carbons (Fsp3) is 0.185. The Morgan fingerprint density at radius 1 is 1.00 bits per heavy atom. The van der Waals surface area contributed by atoms with Crippen molar-refractivity contribution in [3.05, 3.63) is 72.8 Å². The van der Waals surface area contributed by atoms with E-state index in [-0.39, 0.29) is 23.4 Å². The second-order valence-electron chi connectivity index (χ2n) is 7.68. The summed E-state index contributed by atoms with van der Waals surface area (Å²) in [6.45, 7) is 2.03. The van der Waals surface area contributed by atoms with Gasteiger partial charge < -0.3 is 14.3 Å². The van der Waals surface area contributed by atoms with E-state index in [0.717, 1.165) is 29.5 Å². The first-order chi connectivity index (χ1) is 16.1. The molecule has 2 N–H and O–H groups in total. The number of hydrogen-bond donors (Lipinski definition) is 2. The van der Waals surface area contributed by atoms with Crippen LogP contribution in [0.15, 0.2) is 77.2 Å². The van der Waals surface area contributed by atoms with Gasteiger partial charge in [-0.15, -0.1) is 0 Å². The monoisotopic (exact) mass is 442 g/mol. The number of carbonyl (C=O) groups is 1. The van der Waals surface area contributed by atoms with Crippen molar-refractivity contribution in [2.45, 2.75) is 26.2 Å². The van der Waals surface area contributed by atoms with Crippen molar-refractivity contribution in [3.63, 3.8) is 0 Å². The summed E-state index contributed by atoms with van der Waals surface area (Å²) in [6.07, 6.45) is 2.09. The van der Waals surface area contributed by atoms with Crippen LogP contribution in [0.4, 0.5) is 5.88 Å². The zero-order valence-corrected chi connectivity index (χ0v) is 18.7. The van der Waals surface area contributed by atoms with Crippen molar-refractivity contribution in [1.29, 1.82) is 0 Å². The number of carbonyl (C=O) groups excluding carboxylic acids is 1. The number of anilines is 1. The number of aromatic nitrogens is 1. The van der Waals surface area contributed by atoms with Gasteiger partial charge in [-0.25, -0.2) is 4.98 Å². The summed E-state index contributed by atoms with van der Waals surface area (Å²) in [5, 5.41) is 13.6. The standard InChI is InChI=1S/C27H26N2O4/c1-3-4-13-24(31)28-27-25(20-11-8-12-21(16-20)32-2)29-26(33-27)22-15-14-19(17-23(22)30)18-9-6-5-7-10-18/h5-12,14-17,30H,3-4,13H2,1-2H3,(H,28,31). The Kier molecular flexibility index (Phi) is 6.74. The third-order valence-corrected chi connectivity index (χ3v) is 5.32. The zero-order chi connectivity index (χ0) is 23.2. The summed E-state index contributed by atoms with van der Waals surface area (Å²) in [4.78, 5) is 17.0. The molecule has 3 aromatic carbocycles. The molecule has 168 valence electrons. The summed E-state index contributed by atoms with van der Waals surface area (Å²) in [6, 6.07) is 22.5. The predicted octanol–water partition coefficient (Wildman–Crippen LogP) is 6.52. The molecule has 0 aliphatic carbocycles. The van der Waals surface area contributed by atoms with Crippen molar-refractivity contribution < 1.29 is 19.1 Å². The molecule has 0 saturated heterocycles. The fourth-order valence-corrected chi connectivity index (χ4v) is 3.54. The Balaban J connectivity index is 1.73. The number of phenolic OH excluding ortho intramolecular Hbond substituents is 1. The molecule has 0 saturated carbocycles. The number of methoxy groups -OCH3 is 1. The normalized spacial score (nSPS) is 10.7. The summed E-state index contributed by atoms with van der Waals surface area (Å²) < 4.78 is 11.3. The number of phenols is 1. The molecule has 4 rings (SSSR count). The van der Waals surface area contributed by atoms with Gasteiger partial charge in [-0.2, -0.15) is 0 Å². The van der Waals surface area contributed by atoms with Crippen LogP contribution in [0.3, 0.4) is 0 Å². The maximum absolute atomic E-state index is 12.4. The lowest BCUT2D eigenvalue weighted by Crippen LogP contribution is -2.11. The minimum atomic E-state index is -0.146. The van der Waals surface area contributed by atoms with Crippen molar-refractivity contribution >= 4 is 11.8 Å². The largest absolute Gasteiger partial charge is 0.507 e. The van der Waals surface area contributed by atoms with Crippen LogP contribution in [0, 0.1) is 0 Å². The summed E-state index contributed by atoms with van der Waals surface area (Å²) in [5.74, 6) is 1.02. The molecule has 1 aromatic heterocycles. The van der Waals surface area contributed by atoms with E-state index in [4.69, 9.17) is 9.15 Å². The topological polar surface area (TPSA) is 84.6 Å². The van der Waals surface area contributed by atoms with Crippen molar-refractivity contribution in [3.8, 4) is 45.3 Å². The SMILES string of the molecule is CCCCC(=O)Nc1oc(-c2ccc(-c3ccccc3)cc2O)nc1-c1cccc(OC)c1. The van der Waals surface area contributed by atoms with E-state index in [1.807, 2.05) is 67.6 Å². The highest BCUT2D eigenvalue weighted by molar-refractivity contribution is 5.93. The number of amides is 1. The third-order valence-electron chi connectivity index (χ3n) is 5.32. The van der Waals surface area contributed by atoms with Gasteiger partial charge in [0.15, 0.2) is 0 Å². The molecular weight excluding hydrogens is 416 g/mol. The first-order valence-corrected chi connectivity index (χ1v) is 10.9. The van der Waals surface area contributed by atoms with E-state index in [2.05, 4.69) is 10.3 Å². The lowest BCUT2D eigenvalue weighted by atomic mass is 10.0. The van der Waals surface area contributed by atoms with Crippen molar-refractivity contribution in [1.82, 2.24) is 4.98 Å². The average molecular weight is 443 g/mol. The maximum Gasteiger partial charge on any atom is 0.233 e. The number of hydrogen-bond acceptors (Lipinski definition) is 5. The summed E-state index contributed by atoms with van der Waals surface area (Å²) >= 11 is 0. The number of nitrogens with one attached hydrogen (secondary N) is 1. The Labute approximate surface area is 192 Å². The summed E-state index contributed by atoms with van der Waals surface area (Å²) in [5.41, 5.74) is 3.51. The molecule has 0 radical (unpaired) electrons. The molecule has 6 heteroatoms. The van der Waals surface area contributed by atoms with Crippen LogP contribution < -0.4 is 10.1 Å². The van der Waals surface area contributed by atoms with E-state index in [9.17, 15) is 9.90 Å². The number of oxazole rings is 1. The van der Waals surface area contributed by atoms with Crippen molar-refractivity contribution in [2.75, 3.05) is 12.4 Å². The molecule has 6 nitrogen and oxygen atoms in total. The van der Waals surface area contributed by atoms with Crippen LogP contribution in [0.25, 0.3) is 33.8 Å². The van der Waals surface area contributed by atoms with Gasteiger partial charge in [0.1, 0.15) is 17.2 Å². The fourth-order valence-electron chi connectivity index (χ4n) is 3.54. The molecule has 0 spiro atoms. The molecule has 33 heavy (non-hydrogen) atoms. The van der Waals surface area contributed by atoms with Crippen LogP contribution in [-0.4, -0.2) is 23.1 Å². The lowest BCUT2D eigenvalue weighted by Gasteiger charge is -2.05. The number of ether oxygens (including phenoxy) is 1. The molecule has 0 fully saturated rings. The maximum atomic E-state index is 12.4. The first-order valence-electron chi connectivity index (χ1n) is 10.9. The summed E-state index contributed by atoms with van der Waals surface area (Å²) in [7, 11) is 1.59. The highest BCUT2D eigenvalue weighted by Crippen LogP contribution is 2.38. The van der Waals surface area contributed by atoms with E-state index in [1.54, 1.807) is 19.2 Å². The number of aromatic hydroxyl groups is 1. The molecule has 0 atom stereocenters. The highest BCUT2D eigenvalue weighted by atomic mass is 16.5. The Hall–Kier alpha value is -4.06. The van der Waals surface area contributed by atoms with E-state index >= 15 is 0 Å². The Morgan fingerprint density at radius 2 is 1.79 bits per heavy atom. The average Bonchev–Trinajstić information content (AvgIpc) is 3.26. The smallest absolute Gasteiger partial charge is 0.233 e. The second-order valence-corrected chi connectivity index (χ2v) is 7.68. The molecular formula is C27H26N2O4.